The summed E-state index contributed by atoms with van der Waals surface area (Å²) in [7, 11) is 1.56. The van der Waals surface area contributed by atoms with Crippen molar-refractivity contribution in [1.29, 1.82) is 0 Å². The summed E-state index contributed by atoms with van der Waals surface area (Å²) in [5.41, 5.74) is 1.18. The number of anilines is 1. The third-order valence-electron chi connectivity index (χ3n) is 2.05. The van der Waals surface area contributed by atoms with Crippen molar-refractivity contribution in [2.75, 3.05) is 19.0 Å². The Kier molecular flexibility index (Phi) is 4.85. The molecule has 16 heavy (non-hydrogen) atoms. The van der Waals surface area contributed by atoms with Crippen molar-refractivity contribution in [2.24, 2.45) is 0 Å². The number of benzene rings is 1. The Bertz CT molecular complexity index is 356. The molecule has 0 atom stereocenters. The SMILES string of the molecule is COCCc1ccccc1NC(=O)C(F)F. The number of alkyl halides is 2. The van der Waals surface area contributed by atoms with Gasteiger partial charge in [-0.1, -0.05) is 18.2 Å². The molecule has 0 saturated carbocycles. The van der Waals surface area contributed by atoms with Gasteiger partial charge in [-0.25, -0.2) is 0 Å². The Morgan fingerprint density at radius 1 is 1.44 bits per heavy atom. The Labute approximate surface area is 92.4 Å². The normalized spacial score (nSPS) is 10.5. The molecule has 0 heterocycles. The monoisotopic (exact) mass is 229 g/mol. The van der Waals surface area contributed by atoms with E-state index >= 15 is 0 Å². The Morgan fingerprint density at radius 3 is 2.75 bits per heavy atom. The van der Waals surface area contributed by atoms with Gasteiger partial charge in [0.15, 0.2) is 0 Å². The van der Waals surface area contributed by atoms with E-state index < -0.39 is 12.3 Å². The minimum absolute atomic E-state index is 0.407. The summed E-state index contributed by atoms with van der Waals surface area (Å²) in [5.74, 6) is -1.29. The number of para-hydroxylation sites is 1. The van der Waals surface area contributed by atoms with Crippen LogP contribution in [0.4, 0.5) is 14.5 Å². The third kappa shape index (κ3) is 3.58. The molecule has 1 N–H and O–H groups in total. The van der Waals surface area contributed by atoms with Crippen LogP contribution >= 0.6 is 0 Å². The topological polar surface area (TPSA) is 38.3 Å². The molecule has 0 aromatic heterocycles. The van der Waals surface area contributed by atoms with Gasteiger partial charge in [-0.05, 0) is 18.1 Å². The van der Waals surface area contributed by atoms with Gasteiger partial charge in [0.1, 0.15) is 0 Å². The summed E-state index contributed by atoms with van der Waals surface area (Å²) >= 11 is 0. The van der Waals surface area contributed by atoms with E-state index in [2.05, 4.69) is 5.32 Å². The zero-order valence-electron chi connectivity index (χ0n) is 8.87. The van der Waals surface area contributed by atoms with Gasteiger partial charge in [0, 0.05) is 12.8 Å². The summed E-state index contributed by atoms with van der Waals surface area (Å²) in [6, 6.07) is 6.81. The molecular weight excluding hydrogens is 216 g/mol. The third-order valence-corrected chi connectivity index (χ3v) is 2.05. The second-order valence-electron chi connectivity index (χ2n) is 3.19. The summed E-state index contributed by atoms with van der Waals surface area (Å²) in [6.07, 6.45) is -2.44. The van der Waals surface area contributed by atoms with Gasteiger partial charge < -0.3 is 10.1 Å². The van der Waals surface area contributed by atoms with Gasteiger partial charge in [-0.15, -0.1) is 0 Å². The maximum absolute atomic E-state index is 12.1. The number of nitrogens with one attached hydrogen (secondary N) is 1. The molecule has 1 aromatic carbocycles. The first-order chi connectivity index (χ1) is 7.65. The molecule has 1 rings (SSSR count). The number of rotatable bonds is 5. The molecule has 0 saturated heterocycles. The average Bonchev–Trinajstić information content (AvgIpc) is 2.27. The number of halogens is 2. The molecular formula is C11H13F2NO2. The number of hydrogen-bond donors (Lipinski definition) is 1. The summed E-state index contributed by atoms with van der Waals surface area (Å²) in [5, 5.41) is 2.17. The summed E-state index contributed by atoms with van der Waals surface area (Å²) in [6.45, 7) is 0.474. The number of methoxy groups -OCH3 is 1. The van der Waals surface area contributed by atoms with Crippen LogP contribution in [0.3, 0.4) is 0 Å². The Morgan fingerprint density at radius 2 is 2.12 bits per heavy atom. The highest BCUT2D eigenvalue weighted by atomic mass is 19.3. The quantitative estimate of drug-likeness (QED) is 0.839. The van der Waals surface area contributed by atoms with Crippen LogP contribution in [0.15, 0.2) is 24.3 Å². The predicted molar refractivity (Wildman–Crippen MR) is 56.7 cm³/mol. The van der Waals surface area contributed by atoms with E-state index in [-0.39, 0.29) is 0 Å². The molecule has 0 bridgehead atoms. The van der Waals surface area contributed by atoms with Crippen LogP contribution < -0.4 is 5.32 Å². The number of ether oxygens (including phenoxy) is 1. The van der Waals surface area contributed by atoms with E-state index in [0.717, 1.165) is 5.56 Å². The van der Waals surface area contributed by atoms with Crippen molar-refractivity contribution in [3.05, 3.63) is 29.8 Å². The first-order valence-electron chi connectivity index (χ1n) is 4.81. The molecule has 0 unspecified atom stereocenters. The van der Waals surface area contributed by atoms with E-state index in [1.54, 1.807) is 31.4 Å². The van der Waals surface area contributed by atoms with Gasteiger partial charge in [-0.2, -0.15) is 8.78 Å². The number of hydrogen-bond acceptors (Lipinski definition) is 2. The molecule has 0 fully saturated rings. The lowest BCUT2D eigenvalue weighted by Gasteiger charge is -2.10. The minimum atomic E-state index is -3.00. The van der Waals surface area contributed by atoms with Crippen molar-refractivity contribution < 1.29 is 18.3 Å². The lowest BCUT2D eigenvalue weighted by molar-refractivity contribution is -0.126. The molecule has 5 heteroatoms. The van der Waals surface area contributed by atoms with E-state index in [0.29, 0.717) is 18.7 Å². The van der Waals surface area contributed by atoms with Crippen molar-refractivity contribution in [3.63, 3.8) is 0 Å². The van der Waals surface area contributed by atoms with Crippen LogP contribution in [0, 0.1) is 0 Å². The fourth-order valence-corrected chi connectivity index (χ4v) is 1.26. The summed E-state index contributed by atoms with van der Waals surface area (Å²) in [4.78, 5) is 10.8. The van der Waals surface area contributed by atoms with Gasteiger partial charge in [0.05, 0.1) is 6.61 Å². The smallest absolute Gasteiger partial charge is 0.315 e. The molecule has 0 aliphatic rings. The second kappa shape index (κ2) is 6.17. The Balaban J connectivity index is 2.74. The standard InChI is InChI=1S/C11H13F2NO2/c1-16-7-6-8-4-2-3-5-9(8)14-11(15)10(12)13/h2-5,10H,6-7H2,1H3,(H,14,15). The highest BCUT2D eigenvalue weighted by Crippen LogP contribution is 2.16. The van der Waals surface area contributed by atoms with E-state index in [4.69, 9.17) is 4.74 Å². The van der Waals surface area contributed by atoms with Gasteiger partial charge in [0.25, 0.3) is 5.91 Å². The van der Waals surface area contributed by atoms with Crippen LogP contribution in [0.2, 0.25) is 0 Å². The van der Waals surface area contributed by atoms with Crippen LogP contribution in [0.25, 0.3) is 0 Å². The fourth-order valence-electron chi connectivity index (χ4n) is 1.26. The Hall–Kier alpha value is -1.49. The van der Waals surface area contributed by atoms with Crippen molar-refractivity contribution in [2.45, 2.75) is 12.8 Å². The highest BCUT2D eigenvalue weighted by Gasteiger charge is 2.16. The van der Waals surface area contributed by atoms with Crippen molar-refractivity contribution in [1.82, 2.24) is 0 Å². The minimum Gasteiger partial charge on any atom is -0.384 e. The van der Waals surface area contributed by atoms with Crippen molar-refractivity contribution in [3.8, 4) is 0 Å². The lowest BCUT2D eigenvalue weighted by atomic mass is 10.1. The lowest BCUT2D eigenvalue weighted by Crippen LogP contribution is -2.21. The molecule has 3 nitrogen and oxygen atoms in total. The molecule has 0 spiro atoms. The van der Waals surface area contributed by atoms with E-state index in [1.165, 1.54) is 0 Å². The van der Waals surface area contributed by atoms with Gasteiger partial charge >= 0.3 is 6.43 Å². The molecule has 1 amide bonds. The van der Waals surface area contributed by atoms with Gasteiger partial charge in [-0.3, -0.25) is 4.79 Å². The molecule has 88 valence electrons. The van der Waals surface area contributed by atoms with Crippen LogP contribution in [0.5, 0.6) is 0 Å². The second-order valence-corrected chi connectivity index (χ2v) is 3.19. The zero-order chi connectivity index (χ0) is 12.0. The van der Waals surface area contributed by atoms with E-state index in [9.17, 15) is 13.6 Å². The molecule has 0 aliphatic carbocycles. The zero-order valence-corrected chi connectivity index (χ0v) is 8.87. The summed E-state index contributed by atoms with van der Waals surface area (Å²) < 4.78 is 29.0. The van der Waals surface area contributed by atoms with Crippen LogP contribution in [0.1, 0.15) is 5.56 Å². The van der Waals surface area contributed by atoms with Crippen molar-refractivity contribution >= 4 is 11.6 Å². The number of carbonyl (C=O) groups excluding carboxylic acids is 1. The molecule has 1 aromatic rings. The largest absolute Gasteiger partial charge is 0.384 e. The fraction of sp³-hybridized carbons (Fsp3) is 0.364. The highest BCUT2D eigenvalue weighted by molar-refractivity contribution is 5.93. The predicted octanol–water partition coefficient (Wildman–Crippen LogP) is 2.08. The average molecular weight is 229 g/mol. The van der Waals surface area contributed by atoms with E-state index in [1.807, 2.05) is 0 Å². The first kappa shape index (κ1) is 12.6. The van der Waals surface area contributed by atoms with Crippen LogP contribution in [-0.2, 0) is 16.0 Å². The number of carbonyl (C=O) groups is 1. The number of amides is 1. The molecule has 0 radical (unpaired) electrons. The van der Waals surface area contributed by atoms with Gasteiger partial charge in [0.2, 0.25) is 0 Å². The van der Waals surface area contributed by atoms with Crippen LogP contribution in [-0.4, -0.2) is 26.0 Å². The maximum atomic E-state index is 12.1. The first-order valence-corrected chi connectivity index (χ1v) is 4.81. The maximum Gasteiger partial charge on any atom is 0.315 e. The molecule has 0 aliphatic heterocycles.